The summed E-state index contributed by atoms with van der Waals surface area (Å²) in [5.41, 5.74) is 6.40. The third kappa shape index (κ3) is 4.96. The Morgan fingerprint density at radius 1 is 1.19 bits per heavy atom. The number of benzene rings is 1. The van der Waals surface area contributed by atoms with Gasteiger partial charge in [-0.25, -0.2) is 9.59 Å². The zero-order valence-electron chi connectivity index (χ0n) is 14.5. The maximum atomic E-state index is 12.4. The Morgan fingerprint density at radius 3 is 2.50 bits per heavy atom. The molecule has 0 radical (unpaired) electrons. The number of carbonyl (C=O) groups excluding carboxylic acids is 3. The predicted octanol–water partition coefficient (Wildman–Crippen LogP) is 0.368. The van der Waals surface area contributed by atoms with Crippen molar-refractivity contribution >= 4 is 17.9 Å². The van der Waals surface area contributed by atoms with E-state index in [2.05, 4.69) is 10.6 Å². The minimum atomic E-state index is -0.677. The van der Waals surface area contributed by atoms with Crippen molar-refractivity contribution in [1.82, 2.24) is 10.6 Å². The molecule has 9 nitrogen and oxygen atoms in total. The molecule has 1 aliphatic heterocycles. The average molecular weight is 363 g/mol. The van der Waals surface area contributed by atoms with Crippen LogP contribution in [-0.2, 0) is 19.1 Å². The van der Waals surface area contributed by atoms with Crippen molar-refractivity contribution in [1.29, 1.82) is 0 Å². The lowest BCUT2D eigenvalue weighted by Crippen LogP contribution is -2.45. The minimum Gasteiger partial charge on any atom is -0.484 e. The Bertz CT molecular complexity index is 714. The van der Waals surface area contributed by atoms with Crippen molar-refractivity contribution in [3.63, 3.8) is 0 Å². The van der Waals surface area contributed by atoms with Gasteiger partial charge in [0.1, 0.15) is 12.4 Å². The lowest BCUT2D eigenvalue weighted by atomic mass is 9.95. The molecule has 0 unspecified atom stereocenters. The number of amides is 3. The minimum absolute atomic E-state index is 0.104. The molecule has 4 N–H and O–H groups in total. The molecule has 0 saturated heterocycles. The van der Waals surface area contributed by atoms with Crippen molar-refractivity contribution in [2.45, 2.75) is 13.0 Å². The van der Waals surface area contributed by atoms with Gasteiger partial charge in [0.15, 0.2) is 6.61 Å². The van der Waals surface area contributed by atoms with Gasteiger partial charge in [-0.3, -0.25) is 4.79 Å². The molecule has 0 aromatic heterocycles. The molecular formula is C17H21N3O6. The number of carbonyl (C=O) groups is 3. The fraction of sp³-hybridized carbons (Fsp3) is 0.353. The fourth-order valence-electron chi connectivity index (χ4n) is 2.42. The van der Waals surface area contributed by atoms with Crippen LogP contribution in [0.3, 0.4) is 0 Å². The first-order valence-electron chi connectivity index (χ1n) is 7.87. The molecule has 140 valence electrons. The second kappa shape index (κ2) is 8.86. The number of esters is 1. The summed E-state index contributed by atoms with van der Waals surface area (Å²) < 4.78 is 15.2. The summed E-state index contributed by atoms with van der Waals surface area (Å²) in [5.74, 6) is -0.691. The zero-order chi connectivity index (χ0) is 19.1. The summed E-state index contributed by atoms with van der Waals surface area (Å²) in [7, 11) is 1.51. The molecule has 0 saturated carbocycles. The van der Waals surface area contributed by atoms with Crippen LogP contribution in [0.1, 0.15) is 18.5 Å². The van der Waals surface area contributed by atoms with E-state index in [1.54, 1.807) is 31.2 Å². The number of hydrogen-bond acceptors (Lipinski definition) is 6. The molecule has 0 spiro atoms. The van der Waals surface area contributed by atoms with Crippen LogP contribution in [0.2, 0.25) is 0 Å². The van der Waals surface area contributed by atoms with Crippen molar-refractivity contribution < 1.29 is 28.6 Å². The second-order valence-corrected chi connectivity index (χ2v) is 5.52. The van der Waals surface area contributed by atoms with E-state index in [1.807, 2.05) is 0 Å². The second-order valence-electron chi connectivity index (χ2n) is 5.52. The summed E-state index contributed by atoms with van der Waals surface area (Å²) in [6.45, 7) is 1.77. The lowest BCUT2D eigenvalue weighted by molar-refractivity contribution is -0.140. The molecule has 26 heavy (non-hydrogen) atoms. The largest absolute Gasteiger partial charge is 0.484 e. The summed E-state index contributed by atoms with van der Waals surface area (Å²) in [5, 5.41) is 5.27. The van der Waals surface area contributed by atoms with Crippen LogP contribution in [0.25, 0.3) is 0 Å². The van der Waals surface area contributed by atoms with Gasteiger partial charge in [0.2, 0.25) is 0 Å². The van der Waals surface area contributed by atoms with Gasteiger partial charge >= 0.3 is 12.0 Å². The first-order valence-corrected chi connectivity index (χ1v) is 7.87. The average Bonchev–Trinajstić information content (AvgIpc) is 2.59. The van der Waals surface area contributed by atoms with E-state index in [9.17, 15) is 14.4 Å². The SMILES string of the molecule is COCCOC(=O)C1=C(C)NC(=O)N[C@H]1c1ccc(OCC(N)=O)cc1. The van der Waals surface area contributed by atoms with Crippen LogP contribution in [0.15, 0.2) is 35.5 Å². The highest BCUT2D eigenvalue weighted by Crippen LogP contribution is 2.28. The van der Waals surface area contributed by atoms with E-state index in [4.69, 9.17) is 19.9 Å². The summed E-state index contributed by atoms with van der Waals surface area (Å²) >= 11 is 0. The molecular weight excluding hydrogens is 342 g/mol. The van der Waals surface area contributed by atoms with Crippen molar-refractivity contribution in [2.24, 2.45) is 5.73 Å². The molecule has 1 aliphatic rings. The lowest BCUT2D eigenvalue weighted by Gasteiger charge is -2.28. The van der Waals surface area contributed by atoms with Crippen LogP contribution in [0, 0.1) is 0 Å². The summed E-state index contributed by atoms with van der Waals surface area (Å²) in [6.07, 6.45) is 0. The number of hydrogen-bond donors (Lipinski definition) is 3. The van der Waals surface area contributed by atoms with E-state index in [-0.39, 0.29) is 19.8 Å². The number of nitrogens with two attached hydrogens (primary N) is 1. The third-order valence-electron chi connectivity index (χ3n) is 3.60. The van der Waals surface area contributed by atoms with Gasteiger partial charge in [-0.15, -0.1) is 0 Å². The maximum absolute atomic E-state index is 12.4. The zero-order valence-corrected chi connectivity index (χ0v) is 14.5. The van der Waals surface area contributed by atoms with Crippen LogP contribution in [-0.4, -0.2) is 44.8 Å². The predicted molar refractivity (Wildman–Crippen MR) is 91.1 cm³/mol. The smallest absolute Gasteiger partial charge is 0.338 e. The Kier molecular flexibility index (Phi) is 6.56. The fourth-order valence-corrected chi connectivity index (χ4v) is 2.42. The van der Waals surface area contributed by atoms with Crippen LogP contribution < -0.4 is 21.1 Å². The van der Waals surface area contributed by atoms with Gasteiger partial charge in [-0.05, 0) is 24.6 Å². The molecule has 1 heterocycles. The molecule has 1 aromatic carbocycles. The monoisotopic (exact) mass is 363 g/mol. The first kappa shape index (κ1) is 19.3. The Labute approximate surface area is 150 Å². The molecule has 1 aromatic rings. The summed E-state index contributed by atoms with van der Waals surface area (Å²) in [4.78, 5) is 35.0. The Balaban J connectivity index is 2.20. The number of allylic oxidation sites excluding steroid dienone is 1. The maximum Gasteiger partial charge on any atom is 0.338 e. The number of methoxy groups -OCH3 is 1. The number of rotatable bonds is 8. The quantitative estimate of drug-likeness (QED) is 0.452. The number of primary amides is 1. The first-order chi connectivity index (χ1) is 12.4. The highest BCUT2D eigenvalue weighted by molar-refractivity contribution is 5.95. The molecule has 0 fully saturated rings. The van der Waals surface area contributed by atoms with Crippen molar-refractivity contribution in [2.75, 3.05) is 26.9 Å². The van der Waals surface area contributed by atoms with Crippen molar-refractivity contribution in [3.8, 4) is 5.75 Å². The standard InChI is InChI=1S/C17H21N3O6/c1-10-14(16(22)25-8-7-24-2)15(20-17(23)19-10)11-3-5-12(6-4-11)26-9-13(18)21/h3-6,15H,7-9H2,1-2H3,(H2,18,21)(H2,19,20,23)/t15-/m0/s1. The highest BCUT2D eigenvalue weighted by atomic mass is 16.6. The van der Waals surface area contributed by atoms with Gasteiger partial charge < -0.3 is 30.6 Å². The molecule has 9 heteroatoms. The van der Waals surface area contributed by atoms with E-state index in [1.165, 1.54) is 7.11 Å². The van der Waals surface area contributed by atoms with Crippen molar-refractivity contribution in [3.05, 3.63) is 41.1 Å². The van der Waals surface area contributed by atoms with E-state index in [0.717, 1.165) is 0 Å². The number of nitrogens with one attached hydrogen (secondary N) is 2. The number of ether oxygens (including phenoxy) is 3. The van der Waals surface area contributed by atoms with Gasteiger partial charge in [-0.2, -0.15) is 0 Å². The Morgan fingerprint density at radius 2 is 1.88 bits per heavy atom. The molecule has 0 aliphatic carbocycles. The van der Waals surface area contributed by atoms with Gasteiger partial charge in [0, 0.05) is 12.8 Å². The van der Waals surface area contributed by atoms with E-state index < -0.39 is 23.9 Å². The van der Waals surface area contributed by atoms with Gasteiger partial charge in [0.05, 0.1) is 18.2 Å². The van der Waals surface area contributed by atoms with Crippen LogP contribution >= 0.6 is 0 Å². The third-order valence-corrected chi connectivity index (χ3v) is 3.60. The highest BCUT2D eigenvalue weighted by Gasteiger charge is 2.32. The topological polar surface area (TPSA) is 129 Å². The Hall–Kier alpha value is -3.07. The molecule has 3 amide bonds. The van der Waals surface area contributed by atoms with E-state index in [0.29, 0.717) is 22.6 Å². The molecule has 1 atom stereocenters. The van der Waals surface area contributed by atoms with Crippen LogP contribution in [0.4, 0.5) is 4.79 Å². The van der Waals surface area contributed by atoms with Gasteiger partial charge in [0.25, 0.3) is 5.91 Å². The number of urea groups is 1. The molecule has 0 bridgehead atoms. The molecule has 2 rings (SSSR count). The van der Waals surface area contributed by atoms with Gasteiger partial charge in [-0.1, -0.05) is 12.1 Å². The van der Waals surface area contributed by atoms with E-state index >= 15 is 0 Å². The normalized spacial score (nSPS) is 16.5. The van der Waals surface area contributed by atoms with Crippen LogP contribution in [0.5, 0.6) is 5.75 Å². The summed E-state index contributed by atoms with van der Waals surface area (Å²) in [6, 6.07) is 5.51.